The van der Waals surface area contributed by atoms with E-state index in [0.717, 1.165) is 19.8 Å². The molecule has 0 radical (unpaired) electrons. The van der Waals surface area contributed by atoms with Crippen molar-refractivity contribution in [2.75, 3.05) is 0 Å². The van der Waals surface area contributed by atoms with Gasteiger partial charge < -0.3 is 0 Å². The Labute approximate surface area is 227 Å². The zero-order valence-corrected chi connectivity index (χ0v) is 21.9. The van der Waals surface area contributed by atoms with E-state index < -0.39 is 0 Å². The molecule has 2 nitrogen and oxygen atoms in total. The van der Waals surface area contributed by atoms with E-state index in [2.05, 4.69) is 109 Å². The molecule has 2 heterocycles. The minimum absolute atomic E-state index is 0.960. The summed E-state index contributed by atoms with van der Waals surface area (Å²) in [6, 6.07) is 39.5. The maximum absolute atomic E-state index is 4.75. The molecule has 6 aromatic carbocycles. The van der Waals surface area contributed by atoms with Gasteiger partial charge in [0.2, 0.25) is 0 Å². The Morgan fingerprint density at radius 1 is 0.368 bits per heavy atom. The van der Waals surface area contributed by atoms with Crippen LogP contribution in [0.5, 0.6) is 0 Å². The quantitative estimate of drug-likeness (QED) is 0.217. The van der Waals surface area contributed by atoms with Crippen LogP contribution in [0, 0.1) is 0 Å². The normalized spacial score (nSPS) is 11.7. The van der Waals surface area contributed by atoms with Gasteiger partial charge in [-0.05, 0) is 90.6 Å². The van der Waals surface area contributed by atoms with Gasteiger partial charge in [-0.1, -0.05) is 72.8 Å². The smallest absolute Gasteiger partial charge is 0.152 e. The minimum Gasteiger partial charge on any atom is -0.241 e. The summed E-state index contributed by atoms with van der Waals surface area (Å²) in [4.78, 5) is 11.8. The van der Waals surface area contributed by atoms with Crippen molar-refractivity contribution < 1.29 is 0 Å². The lowest BCUT2D eigenvalue weighted by Crippen LogP contribution is -1.78. The van der Waals surface area contributed by atoms with E-state index in [0.29, 0.717) is 0 Å². The van der Waals surface area contributed by atoms with Gasteiger partial charge in [0.05, 0.1) is 9.75 Å². The van der Waals surface area contributed by atoms with Crippen molar-refractivity contribution in [2.24, 2.45) is 0 Å². The predicted octanol–water partition coefficient (Wildman–Crippen LogP) is 10.2. The van der Waals surface area contributed by atoms with Crippen molar-refractivity contribution in [1.29, 1.82) is 0 Å². The molecule has 0 spiro atoms. The summed E-state index contributed by atoms with van der Waals surface area (Å²) in [5.74, 6) is 0. The molecule has 8 aromatic rings. The number of aromatic nitrogens is 2. The second kappa shape index (κ2) is 8.59. The second-order valence-corrected chi connectivity index (χ2v) is 11.6. The molecule has 178 valence electrons. The predicted molar refractivity (Wildman–Crippen MR) is 164 cm³/mol. The molecule has 0 bridgehead atoms. The number of thiazole rings is 2. The van der Waals surface area contributed by atoms with Crippen LogP contribution in [-0.4, -0.2) is 9.97 Å². The third kappa shape index (κ3) is 3.69. The monoisotopic (exact) mass is 520 g/mol. The Morgan fingerprint density at radius 3 is 1.16 bits per heavy atom. The number of fused-ring (bicyclic) bond motifs is 4. The fraction of sp³-hybridized carbons (Fsp3) is 0. The van der Waals surface area contributed by atoms with Gasteiger partial charge in [0, 0.05) is 12.4 Å². The summed E-state index contributed by atoms with van der Waals surface area (Å²) >= 11 is 3.40. The molecule has 4 heteroatoms. The van der Waals surface area contributed by atoms with Gasteiger partial charge in [-0.15, -0.1) is 22.7 Å². The highest BCUT2D eigenvalue weighted by atomic mass is 32.1. The highest BCUT2D eigenvalue weighted by Crippen LogP contribution is 2.38. The molecule has 8 rings (SSSR count). The van der Waals surface area contributed by atoms with Crippen molar-refractivity contribution in [3.63, 3.8) is 0 Å². The summed E-state index contributed by atoms with van der Waals surface area (Å²) in [5.41, 5.74) is 2.38. The maximum atomic E-state index is 4.75. The lowest BCUT2D eigenvalue weighted by molar-refractivity contribution is 1.35. The lowest BCUT2D eigenvalue weighted by Gasteiger charge is -2.04. The Kier molecular flexibility index (Phi) is 4.90. The summed E-state index contributed by atoms with van der Waals surface area (Å²) in [6.45, 7) is 0. The molecule has 38 heavy (non-hydrogen) atoms. The van der Waals surface area contributed by atoms with Crippen LogP contribution in [0.15, 0.2) is 122 Å². The van der Waals surface area contributed by atoms with Crippen molar-refractivity contribution in [3.8, 4) is 30.9 Å². The standard InChI is InChI=1S/C34H20N2S2/c1-3-7-23-15-29-17-27(11-9-25(29)13-21(23)5-1)31-19-35-33(37-31)34-36-20-32(38-34)28-12-10-26-14-22-6-2-4-8-24(22)16-30(26)18-28/h1-20H. The molecule has 0 unspecified atom stereocenters. The van der Waals surface area contributed by atoms with E-state index in [-0.39, 0.29) is 0 Å². The zero-order valence-electron chi connectivity index (χ0n) is 20.3. The molecule has 0 aliphatic heterocycles. The van der Waals surface area contributed by atoms with E-state index in [1.165, 1.54) is 54.2 Å². The molecule has 0 amide bonds. The van der Waals surface area contributed by atoms with E-state index in [9.17, 15) is 0 Å². The highest BCUT2D eigenvalue weighted by Gasteiger charge is 2.13. The van der Waals surface area contributed by atoms with Gasteiger partial charge >= 0.3 is 0 Å². The summed E-state index contributed by atoms with van der Waals surface area (Å²) in [5, 5.41) is 12.0. The van der Waals surface area contributed by atoms with Crippen LogP contribution in [0.25, 0.3) is 74.0 Å². The molecule has 0 aliphatic rings. The zero-order chi connectivity index (χ0) is 25.1. The first-order valence-electron chi connectivity index (χ1n) is 12.5. The Bertz CT molecular complexity index is 2000. The van der Waals surface area contributed by atoms with Crippen LogP contribution in [0.1, 0.15) is 0 Å². The van der Waals surface area contributed by atoms with Crippen LogP contribution in [0.2, 0.25) is 0 Å². The average molecular weight is 521 g/mol. The Hall–Kier alpha value is -4.38. The fourth-order valence-electron chi connectivity index (χ4n) is 5.20. The van der Waals surface area contributed by atoms with Crippen molar-refractivity contribution in [3.05, 3.63) is 122 Å². The van der Waals surface area contributed by atoms with Crippen molar-refractivity contribution in [1.82, 2.24) is 9.97 Å². The summed E-state index contributed by atoms with van der Waals surface area (Å²) in [7, 11) is 0. The van der Waals surface area contributed by atoms with Crippen LogP contribution in [-0.2, 0) is 0 Å². The Balaban J connectivity index is 1.12. The molecular formula is C34H20N2S2. The molecule has 0 saturated carbocycles. The first-order valence-corrected chi connectivity index (χ1v) is 14.2. The van der Waals surface area contributed by atoms with Crippen molar-refractivity contribution in [2.45, 2.75) is 0 Å². The van der Waals surface area contributed by atoms with Crippen LogP contribution >= 0.6 is 22.7 Å². The largest absolute Gasteiger partial charge is 0.241 e. The molecule has 0 fully saturated rings. The van der Waals surface area contributed by atoms with Gasteiger partial charge in [0.1, 0.15) is 0 Å². The van der Waals surface area contributed by atoms with E-state index in [1.807, 2.05) is 12.4 Å². The lowest BCUT2D eigenvalue weighted by atomic mass is 10.0. The van der Waals surface area contributed by atoms with Gasteiger partial charge in [-0.25, -0.2) is 9.97 Å². The number of benzene rings is 6. The van der Waals surface area contributed by atoms with Crippen LogP contribution < -0.4 is 0 Å². The number of rotatable bonds is 3. The number of nitrogens with zero attached hydrogens (tertiary/aromatic N) is 2. The third-order valence-corrected chi connectivity index (χ3v) is 9.41. The van der Waals surface area contributed by atoms with Crippen LogP contribution in [0.4, 0.5) is 0 Å². The third-order valence-electron chi connectivity index (χ3n) is 7.17. The number of hydrogen-bond donors (Lipinski definition) is 0. The molecule has 0 aliphatic carbocycles. The molecule has 0 atom stereocenters. The highest BCUT2D eigenvalue weighted by molar-refractivity contribution is 7.24. The maximum Gasteiger partial charge on any atom is 0.152 e. The fourth-order valence-corrected chi connectivity index (χ4v) is 7.06. The van der Waals surface area contributed by atoms with Crippen LogP contribution in [0.3, 0.4) is 0 Å². The first-order chi connectivity index (χ1) is 18.8. The molecule has 2 aromatic heterocycles. The SMILES string of the molecule is c1ccc2cc3cc(-c4cnc(-c5ncc(-c6ccc7cc8ccccc8cc7c6)s5)s4)ccc3cc2c1. The summed E-state index contributed by atoms with van der Waals surface area (Å²) < 4.78 is 0. The summed E-state index contributed by atoms with van der Waals surface area (Å²) in [6.07, 6.45) is 3.95. The number of hydrogen-bond acceptors (Lipinski definition) is 4. The van der Waals surface area contributed by atoms with Gasteiger partial charge in [-0.2, -0.15) is 0 Å². The van der Waals surface area contributed by atoms with E-state index in [4.69, 9.17) is 9.97 Å². The van der Waals surface area contributed by atoms with Gasteiger partial charge in [-0.3, -0.25) is 0 Å². The van der Waals surface area contributed by atoms with Crippen molar-refractivity contribution >= 4 is 65.8 Å². The Morgan fingerprint density at radius 2 is 0.737 bits per heavy atom. The average Bonchev–Trinajstić information content (AvgIpc) is 3.65. The van der Waals surface area contributed by atoms with E-state index in [1.54, 1.807) is 22.7 Å². The second-order valence-electron chi connectivity index (χ2n) is 9.58. The molecule has 0 saturated heterocycles. The molecule has 0 N–H and O–H groups in total. The topological polar surface area (TPSA) is 25.8 Å². The van der Waals surface area contributed by atoms with Gasteiger partial charge in [0.15, 0.2) is 10.0 Å². The van der Waals surface area contributed by atoms with Gasteiger partial charge in [0.25, 0.3) is 0 Å². The molecular weight excluding hydrogens is 501 g/mol. The minimum atomic E-state index is 0.960. The van der Waals surface area contributed by atoms with E-state index >= 15 is 0 Å². The first kappa shape index (κ1) is 21.7.